The summed E-state index contributed by atoms with van der Waals surface area (Å²) in [5, 5.41) is 13.7. The number of anilines is 1. The summed E-state index contributed by atoms with van der Waals surface area (Å²) >= 11 is 0. The molecule has 0 aromatic carbocycles. The van der Waals surface area contributed by atoms with Crippen LogP contribution in [0.25, 0.3) is 0 Å². The Bertz CT molecular complexity index is 634. The molecule has 9 heteroatoms. The SMILES string of the molecule is C[C@H](CNc1ncc([N+](=O)[O-])cc1C(N)=O)N1CCCCC1=O. The molecule has 0 bridgehead atoms. The minimum Gasteiger partial charge on any atom is -0.367 e. The number of rotatable bonds is 6. The van der Waals surface area contributed by atoms with E-state index in [1.165, 1.54) is 0 Å². The zero-order valence-electron chi connectivity index (χ0n) is 12.8. The molecule has 0 spiro atoms. The van der Waals surface area contributed by atoms with Crippen molar-refractivity contribution in [2.75, 3.05) is 18.4 Å². The number of piperidine rings is 1. The Kier molecular flexibility index (Phi) is 5.09. The number of primary amides is 1. The molecule has 2 amide bonds. The van der Waals surface area contributed by atoms with Gasteiger partial charge in [-0.05, 0) is 19.8 Å². The Morgan fingerprint density at radius 1 is 1.57 bits per heavy atom. The van der Waals surface area contributed by atoms with Gasteiger partial charge in [0, 0.05) is 31.6 Å². The Hall–Kier alpha value is -2.71. The number of nitrogens with one attached hydrogen (secondary N) is 1. The largest absolute Gasteiger partial charge is 0.367 e. The number of amides is 2. The van der Waals surface area contributed by atoms with Gasteiger partial charge in [-0.2, -0.15) is 0 Å². The highest BCUT2D eigenvalue weighted by atomic mass is 16.6. The lowest BCUT2D eigenvalue weighted by molar-refractivity contribution is -0.385. The molecule has 9 nitrogen and oxygen atoms in total. The van der Waals surface area contributed by atoms with E-state index in [9.17, 15) is 19.7 Å². The number of nitro groups is 1. The van der Waals surface area contributed by atoms with E-state index in [2.05, 4.69) is 10.3 Å². The first-order valence-corrected chi connectivity index (χ1v) is 7.37. The Morgan fingerprint density at radius 3 is 2.91 bits per heavy atom. The standard InChI is InChI=1S/C14H19N5O4/c1-9(18-5-3-2-4-12(18)20)7-16-14-11(13(15)21)6-10(8-17-14)19(22)23/h6,8-9H,2-5,7H2,1H3,(H2,15,21)(H,16,17)/t9-/m1/s1. The maximum absolute atomic E-state index is 11.9. The van der Waals surface area contributed by atoms with Crippen LogP contribution in [0.1, 0.15) is 36.5 Å². The van der Waals surface area contributed by atoms with Crippen molar-refractivity contribution in [3.05, 3.63) is 27.9 Å². The minimum absolute atomic E-state index is 0.0450. The molecule has 1 aliphatic heterocycles. The molecule has 3 N–H and O–H groups in total. The average Bonchev–Trinajstić information content (AvgIpc) is 2.52. The Morgan fingerprint density at radius 2 is 2.30 bits per heavy atom. The molecule has 124 valence electrons. The number of pyridine rings is 1. The topological polar surface area (TPSA) is 131 Å². The van der Waals surface area contributed by atoms with Crippen LogP contribution in [0.2, 0.25) is 0 Å². The number of carbonyl (C=O) groups excluding carboxylic acids is 2. The molecule has 1 fully saturated rings. The Labute approximate surface area is 133 Å². The number of hydrogen-bond acceptors (Lipinski definition) is 6. The van der Waals surface area contributed by atoms with Gasteiger partial charge in [-0.25, -0.2) is 4.98 Å². The first kappa shape index (κ1) is 16.7. The van der Waals surface area contributed by atoms with Crippen LogP contribution in [0.5, 0.6) is 0 Å². The van der Waals surface area contributed by atoms with Gasteiger partial charge in [0.2, 0.25) is 5.91 Å². The van der Waals surface area contributed by atoms with Crippen molar-refractivity contribution >= 4 is 23.3 Å². The molecule has 0 aliphatic carbocycles. The zero-order chi connectivity index (χ0) is 17.0. The summed E-state index contributed by atoms with van der Waals surface area (Å²) in [5.74, 6) is -0.512. The van der Waals surface area contributed by atoms with Crippen LogP contribution < -0.4 is 11.1 Å². The first-order valence-electron chi connectivity index (χ1n) is 7.37. The van der Waals surface area contributed by atoms with E-state index < -0.39 is 10.8 Å². The average molecular weight is 321 g/mol. The van der Waals surface area contributed by atoms with E-state index in [0.29, 0.717) is 19.5 Å². The number of hydrogen-bond donors (Lipinski definition) is 2. The van der Waals surface area contributed by atoms with Crippen LogP contribution in [0.4, 0.5) is 11.5 Å². The maximum Gasteiger partial charge on any atom is 0.288 e. The smallest absolute Gasteiger partial charge is 0.288 e. The third-order valence-corrected chi connectivity index (χ3v) is 3.81. The molecule has 1 saturated heterocycles. The zero-order valence-corrected chi connectivity index (χ0v) is 12.8. The molecule has 2 rings (SSSR count). The molecule has 23 heavy (non-hydrogen) atoms. The van der Waals surface area contributed by atoms with Gasteiger partial charge < -0.3 is 16.0 Å². The molecular weight excluding hydrogens is 302 g/mol. The lowest BCUT2D eigenvalue weighted by Crippen LogP contribution is -2.45. The summed E-state index contributed by atoms with van der Waals surface area (Å²) in [7, 11) is 0. The fourth-order valence-corrected chi connectivity index (χ4v) is 2.53. The second-order valence-corrected chi connectivity index (χ2v) is 5.49. The van der Waals surface area contributed by atoms with Gasteiger partial charge in [-0.15, -0.1) is 0 Å². The molecular formula is C14H19N5O4. The molecule has 0 radical (unpaired) electrons. The second-order valence-electron chi connectivity index (χ2n) is 5.49. The van der Waals surface area contributed by atoms with Gasteiger partial charge in [0.05, 0.1) is 10.5 Å². The number of carbonyl (C=O) groups is 2. The van der Waals surface area contributed by atoms with Crippen molar-refractivity contribution in [1.29, 1.82) is 0 Å². The lowest BCUT2D eigenvalue weighted by atomic mass is 10.1. The normalized spacial score (nSPS) is 16.0. The van der Waals surface area contributed by atoms with Crippen LogP contribution in [-0.2, 0) is 4.79 Å². The van der Waals surface area contributed by atoms with Gasteiger partial charge in [0.15, 0.2) is 0 Å². The van der Waals surface area contributed by atoms with Crippen molar-refractivity contribution in [2.45, 2.75) is 32.2 Å². The van der Waals surface area contributed by atoms with Crippen molar-refractivity contribution < 1.29 is 14.5 Å². The molecule has 0 saturated carbocycles. The summed E-state index contributed by atoms with van der Waals surface area (Å²) in [6.07, 6.45) is 3.49. The van der Waals surface area contributed by atoms with Gasteiger partial charge >= 0.3 is 0 Å². The maximum atomic E-state index is 11.9. The number of nitrogens with two attached hydrogens (primary N) is 1. The predicted molar refractivity (Wildman–Crippen MR) is 82.9 cm³/mol. The van der Waals surface area contributed by atoms with E-state index >= 15 is 0 Å². The summed E-state index contributed by atoms with van der Waals surface area (Å²) in [5.41, 5.74) is 4.90. The molecule has 1 atom stereocenters. The molecule has 1 aliphatic rings. The monoisotopic (exact) mass is 321 g/mol. The van der Waals surface area contributed by atoms with E-state index in [1.54, 1.807) is 4.90 Å². The van der Waals surface area contributed by atoms with Crippen molar-refractivity contribution in [1.82, 2.24) is 9.88 Å². The van der Waals surface area contributed by atoms with E-state index in [0.717, 1.165) is 25.1 Å². The highest BCUT2D eigenvalue weighted by Crippen LogP contribution is 2.19. The number of nitrogens with zero attached hydrogens (tertiary/aromatic N) is 3. The fraction of sp³-hybridized carbons (Fsp3) is 0.500. The highest BCUT2D eigenvalue weighted by molar-refractivity contribution is 5.98. The van der Waals surface area contributed by atoms with Crippen molar-refractivity contribution in [3.8, 4) is 0 Å². The van der Waals surface area contributed by atoms with E-state index in [-0.39, 0.29) is 29.0 Å². The number of aromatic nitrogens is 1. The third-order valence-electron chi connectivity index (χ3n) is 3.81. The quantitative estimate of drug-likeness (QED) is 0.591. The van der Waals surface area contributed by atoms with Gasteiger partial charge in [-0.3, -0.25) is 19.7 Å². The van der Waals surface area contributed by atoms with Crippen LogP contribution in [0, 0.1) is 10.1 Å². The van der Waals surface area contributed by atoms with Crippen molar-refractivity contribution in [2.24, 2.45) is 5.73 Å². The molecule has 0 unspecified atom stereocenters. The van der Waals surface area contributed by atoms with Crippen LogP contribution in [0.3, 0.4) is 0 Å². The van der Waals surface area contributed by atoms with Crippen molar-refractivity contribution in [3.63, 3.8) is 0 Å². The number of likely N-dealkylation sites (tertiary alicyclic amines) is 1. The van der Waals surface area contributed by atoms with Gasteiger partial charge in [-0.1, -0.05) is 0 Å². The third kappa shape index (κ3) is 3.93. The first-order chi connectivity index (χ1) is 10.9. The summed E-state index contributed by atoms with van der Waals surface area (Å²) < 4.78 is 0. The van der Waals surface area contributed by atoms with Gasteiger partial charge in [0.25, 0.3) is 11.6 Å². The summed E-state index contributed by atoms with van der Waals surface area (Å²) in [6, 6.07) is 1.01. The summed E-state index contributed by atoms with van der Waals surface area (Å²) in [4.78, 5) is 39.1. The summed E-state index contributed by atoms with van der Waals surface area (Å²) in [6.45, 7) is 2.97. The van der Waals surface area contributed by atoms with Gasteiger partial charge in [0.1, 0.15) is 12.0 Å². The van der Waals surface area contributed by atoms with Crippen LogP contribution >= 0.6 is 0 Å². The molecule has 2 heterocycles. The second kappa shape index (κ2) is 7.03. The highest BCUT2D eigenvalue weighted by Gasteiger charge is 2.23. The Balaban J connectivity index is 2.09. The fourth-order valence-electron chi connectivity index (χ4n) is 2.53. The van der Waals surface area contributed by atoms with E-state index in [1.807, 2.05) is 6.92 Å². The molecule has 1 aromatic rings. The predicted octanol–water partition coefficient (Wildman–Crippen LogP) is 0.902. The molecule has 1 aromatic heterocycles. The lowest BCUT2D eigenvalue weighted by Gasteiger charge is -2.32. The minimum atomic E-state index is -0.801. The van der Waals surface area contributed by atoms with Crippen LogP contribution in [-0.4, -0.2) is 45.8 Å². The van der Waals surface area contributed by atoms with Crippen LogP contribution in [0.15, 0.2) is 12.3 Å². The van der Waals surface area contributed by atoms with E-state index in [4.69, 9.17) is 5.73 Å².